The third-order valence-corrected chi connectivity index (χ3v) is 7.24. The van der Waals surface area contributed by atoms with Gasteiger partial charge in [0.05, 0.1) is 39.6 Å². The summed E-state index contributed by atoms with van der Waals surface area (Å²) in [6, 6.07) is 21.8. The highest BCUT2D eigenvalue weighted by Crippen LogP contribution is 2.35. The number of aromatic nitrogens is 3. The number of ether oxygens (including phenoxy) is 4. The summed E-state index contributed by atoms with van der Waals surface area (Å²) in [6.45, 7) is -0.247. The molecule has 0 aliphatic carbocycles. The Morgan fingerprint density at radius 1 is 0.844 bits per heavy atom. The minimum Gasteiger partial charge on any atom is -0.497 e. The maximum atomic E-state index is 14.3. The van der Waals surface area contributed by atoms with Crippen molar-refractivity contribution in [1.29, 1.82) is 0 Å². The maximum absolute atomic E-state index is 14.3. The van der Waals surface area contributed by atoms with Crippen molar-refractivity contribution >= 4 is 28.5 Å². The average Bonchev–Trinajstić information content (AvgIpc) is 3.47. The molecule has 2 amide bonds. The van der Waals surface area contributed by atoms with Gasteiger partial charge in [-0.15, -0.1) is 5.10 Å². The van der Waals surface area contributed by atoms with E-state index >= 15 is 0 Å². The van der Waals surface area contributed by atoms with Gasteiger partial charge in [-0.25, -0.2) is 9.07 Å². The molecule has 12 heteroatoms. The molecule has 11 nitrogen and oxygen atoms in total. The third-order valence-electron chi connectivity index (χ3n) is 7.24. The van der Waals surface area contributed by atoms with Gasteiger partial charge in [0.15, 0.2) is 11.5 Å². The summed E-state index contributed by atoms with van der Waals surface area (Å²) in [7, 11) is 5.99. The van der Waals surface area contributed by atoms with E-state index in [0.717, 1.165) is 0 Å². The Balaban J connectivity index is 1.61. The molecular weight excluding hydrogens is 581 g/mol. The van der Waals surface area contributed by atoms with Crippen LogP contribution in [0.3, 0.4) is 0 Å². The predicted octanol–water partition coefficient (Wildman–Crippen LogP) is 5.01. The largest absolute Gasteiger partial charge is 0.497 e. The molecule has 1 atom stereocenters. The van der Waals surface area contributed by atoms with Crippen molar-refractivity contribution in [2.24, 2.45) is 0 Å². The summed E-state index contributed by atoms with van der Waals surface area (Å²) < 4.78 is 37.1. The van der Waals surface area contributed by atoms with Crippen molar-refractivity contribution < 1.29 is 32.9 Å². The quantitative estimate of drug-likeness (QED) is 0.209. The molecule has 0 saturated carbocycles. The number of fused-ring (bicyclic) bond motifs is 1. The van der Waals surface area contributed by atoms with E-state index in [9.17, 15) is 14.0 Å². The van der Waals surface area contributed by atoms with Crippen LogP contribution >= 0.6 is 0 Å². The number of nitrogens with zero attached hydrogens (tertiary/aromatic N) is 4. The van der Waals surface area contributed by atoms with Gasteiger partial charge in [-0.2, -0.15) is 0 Å². The van der Waals surface area contributed by atoms with Crippen molar-refractivity contribution in [3.05, 3.63) is 102 Å². The van der Waals surface area contributed by atoms with Crippen LogP contribution in [0.25, 0.3) is 11.0 Å². The SMILES string of the molecule is COc1ccc(NC(=O)C(c2ccc(OC)c(OC)c2)N(Cc2ccc(F)cc2)C(=O)Cn2nnc3ccccc32)c(OC)c1. The van der Waals surface area contributed by atoms with Crippen LogP contribution in [0.4, 0.5) is 10.1 Å². The van der Waals surface area contributed by atoms with Crippen LogP contribution in [0, 0.1) is 5.82 Å². The van der Waals surface area contributed by atoms with Crippen molar-refractivity contribution in [2.45, 2.75) is 19.1 Å². The van der Waals surface area contributed by atoms with Crippen molar-refractivity contribution in [3.8, 4) is 23.0 Å². The summed E-state index contributed by atoms with van der Waals surface area (Å²) in [5.74, 6) is 0.311. The second-order valence-electron chi connectivity index (χ2n) is 9.96. The second kappa shape index (κ2) is 13.8. The monoisotopic (exact) mass is 613 g/mol. The summed E-state index contributed by atoms with van der Waals surface area (Å²) >= 11 is 0. The molecule has 1 N–H and O–H groups in total. The molecule has 0 aliphatic heterocycles. The van der Waals surface area contributed by atoms with E-state index in [4.69, 9.17) is 18.9 Å². The van der Waals surface area contributed by atoms with E-state index < -0.39 is 23.7 Å². The van der Waals surface area contributed by atoms with Gasteiger partial charge in [0.1, 0.15) is 35.4 Å². The lowest BCUT2D eigenvalue weighted by atomic mass is 10.0. The van der Waals surface area contributed by atoms with Crippen molar-refractivity contribution in [3.63, 3.8) is 0 Å². The zero-order valence-corrected chi connectivity index (χ0v) is 25.2. The fourth-order valence-electron chi connectivity index (χ4n) is 4.96. The minimum absolute atomic E-state index is 0.0298. The standard InChI is InChI=1S/C33H32FN5O6/c1-42-24-14-15-26(29(18-24)44-3)35-33(41)32(22-11-16-28(43-2)30(17-22)45-4)38(19-21-9-12-23(34)13-10-21)31(40)20-39-27-8-6-5-7-25(27)36-37-39/h5-18,32H,19-20H2,1-4H3,(H,35,41). The molecule has 0 fully saturated rings. The number of nitrogens with one attached hydrogen (secondary N) is 1. The number of benzene rings is 4. The molecule has 1 unspecified atom stereocenters. The molecule has 0 aliphatic rings. The van der Waals surface area contributed by atoms with Gasteiger partial charge in [0.2, 0.25) is 5.91 Å². The Kier molecular flexibility index (Phi) is 9.42. The van der Waals surface area contributed by atoms with Crippen LogP contribution in [0.1, 0.15) is 17.2 Å². The summed E-state index contributed by atoms with van der Waals surface area (Å²) in [4.78, 5) is 30.0. The molecule has 0 bridgehead atoms. The Morgan fingerprint density at radius 3 is 2.29 bits per heavy atom. The van der Waals surface area contributed by atoms with Crippen molar-refractivity contribution in [1.82, 2.24) is 19.9 Å². The van der Waals surface area contributed by atoms with E-state index in [-0.39, 0.29) is 13.1 Å². The number of halogens is 1. The van der Waals surface area contributed by atoms with Crippen LogP contribution in [-0.4, -0.2) is 60.1 Å². The average molecular weight is 614 g/mol. The first-order chi connectivity index (χ1) is 21.8. The van der Waals surface area contributed by atoms with Gasteiger partial charge in [0.25, 0.3) is 5.91 Å². The lowest BCUT2D eigenvalue weighted by Crippen LogP contribution is -2.42. The number of hydrogen-bond acceptors (Lipinski definition) is 8. The van der Waals surface area contributed by atoms with E-state index in [0.29, 0.717) is 50.8 Å². The van der Waals surface area contributed by atoms with Gasteiger partial charge in [-0.1, -0.05) is 35.5 Å². The predicted molar refractivity (Wildman–Crippen MR) is 165 cm³/mol. The van der Waals surface area contributed by atoms with Crippen LogP contribution in [-0.2, 0) is 22.7 Å². The van der Waals surface area contributed by atoms with Crippen molar-refractivity contribution in [2.75, 3.05) is 33.8 Å². The van der Waals surface area contributed by atoms with E-state index in [1.807, 2.05) is 12.1 Å². The van der Waals surface area contributed by atoms with Crippen LogP contribution in [0.5, 0.6) is 23.0 Å². The molecule has 45 heavy (non-hydrogen) atoms. The van der Waals surface area contributed by atoms with E-state index in [2.05, 4.69) is 15.6 Å². The Bertz CT molecular complexity index is 1810. The van der Waals surface area contributed by atoms with Gasteiger partial charge in [0, 0.05) is 12.6 Å². The number of carbonyl (C=O) groups is 2. The number of amides is 2. The molecule has 0 spiro atoms. The van der Waals surface area contributed by atoms with Gasteiger partial charge in [-0.3, -0.25) is 9.59 Å². The zero-order valence-electron chi connectivity index (χ0n) is 25.2. The van der Waals surface area contributed by atoms with Gasteiger partial charge >= 0.3 is 0 Å². The smallest absolute Gasteiger partial charge is 0.251 e. The molecule has 5 aromatic rings. The number of methoxy groups -OCH3 is 4. The number of hydrogen-bond donors (Lipinski definition) is 1. The summed E-state index contributed by atoms with van der Waals surface area (Å²) in [5, 5.41) is 11.3. The lowest BCUT2D eigenvalue weighted by Gasteiger charge is -2.32. The zero-order chi connectivity index (χ0) is 31.9. The first-order valence-electron chi connectivity index (χ1n) is 13.9. The summed E-state index contributed by atoms with van der Waals surface area (Å²) in [5.41, 5.74) is 2.69. The number of para-hydroxylation sites is 1. The highest BCUT2D eigenvalue weighted by Gasteiger charge is 2.33. The van der Waals surface area contributed by atoms with Crippen LogP contribution in [0.2, 0.25) is 0 Å². The topological polar surface area (TPSA) is 117 Å². The number of rotatable bonds is 12. The molecule has 0 saturated heterocycles. The highest BCUT2D eigenvalue weighted by molar-refractivity contribution is 5.99. The minimum atomic E-state index is -1.19. The first kappa shape index (κ1) is 30.8. The van der Waals surface area contributed by atoms with Gasteiger partial charge < -0.3 is 29.2 Å². The molecule has 4 aromatic carbocycles. The normalized spacial score (nSPS) is 11.5. The van der Waals surface area contributed by atoms with E-state index in [1.165, 1.54) is 50.2 Å². The molecular formula is C33H32FN5O6. The second-order valence-corrected chi connectivity index (χ2v) is 9.96. The molecule has 1 aromatic heterocycles. The Hall–Kier alpha value is -5.65. The fourth-order valence-corrected chi connectivity index (χ4v) is 4.96. The van der Waals surface area contributed by atoms with Gasteiger partial charge in [-0.05, 0) is 59.7 Å². The maximum Gasteiger partial charge on any atom is 0.251 e. The van der Waals surface area contributed by atoms with Crippen LogP contribution < -0.4 is 24.3 Å². The first-order valence-corrected chi connectivity index (χ1v) is 13.9. The molecule has 1 heterocycles. The fraction of sp³-hybridized carbons (Fsp3) is 0.212. The highest BCUT2D eigenvalue weighted by atomic mass is 19.1. The third kappa shape index (κ3) is 6.80. The lowest BCUT2D eigenvalue weighted by molar-refractivity contribution is -0.140. The Morgan fingerprint density at radius 2 is 1.58 bits per heavy atom. The van der Waals surface area contributed by atoms with Crippen LogP contribution in [0.15, 0.2) is 84.9 Å². The van der Waals surface area contributed by atoms with E-state index in [1.54, 1.807) is 60.7 Å². The Labute approximate surface area is 259 Å². The molecule has 0 radical (unpaired) electrons. The molecule has 5 rings (SSSR count). The summed E-state index contributed by atoms with van der Waals surface area (Å²) in [6.07, 6.45) is 0. The number of carbonyl (C=O) groups excluding carboxylic acids is 2. The molecule has 232 valence electrons. The number of anilines is 1.